The Morgan fingerprint density at radius 3 is 2.00 bits per heavy atom. The van der Waals surface area contributed by atoms with E-state index in [0.29, 0.717) is 68.4 Å². The molecule has 0 bridgehead atoms. The lowest BCUT2D eigenvalue weighted by atomic mass is 9.60. The van der Waals surface area contributed by atoms with Gasteiger partial charge in [0.1, 0.15) is 0 Å². The van der Waals surface area contributed by atoms with Crippen LogP contribution in [0.3, 0.4) is 0 Å². The second-order valence-electron chi connectivity index (χ2n) is 17.2. The van der Waals surface area contributed by atoms with Gasteiger partial charge in [0.05, 0.1) is 24.0 Å². The highest BCUT2D eigenvalue weighted by molar-refractivity contribution is 5.77. The summed E-state index contributed by atoms with van der Waals surface area (Å²) >= 11 is 0. The normalized spacial score (nSPS) is 22.4. The quantitative estimate of drug-likeness (QED) is 0.0584. The molecule has 0 aliphatic heterocycles. The number of nitrogens with one attached hydrogen (secondary N) is 1. The minimum Gasteiger partial charge on any atom is -0.481 e. The Labute approximate surface area is 351 Å². The second kappa shape index (κ2) is 28.6. The topological polar surface area (TPSA) is 127 Å². The van der Waals surface area contributed by atoms with E-state index in [2.05, 4.69) is 111 Å². The minimum atomic E-state index is -0.962. The van der Waals surface area contributed by atoms with Crippen molar-refractivity contribution in [3.8, 4) is 0 Å². The van der Waals surface area contributed by atoms with Crippen molar-refractivity contribution < 1.29 is 29.7 Å². The van der Waals surface area contributed by atoms with Gasteiger partial charge in [-0.1, -0.05) is 112 Å². The first-order chi connectivity index (χ1) is 27.7. The van der Waals surface area contributed by atoms with Gasteiger partial charge >= 0.3 is 5.97 Å². The number of hydrogen-bond donors (Lipinski definition) is 4. The number of carbonyl (C=O) groups is 3. The van der Waals surface area contributed by atoms with Crippen LogP contribution in [0.5, 0.6) is 0 Å². The number of aliphatic hydroxyl groups is 2. The molecule has 8 heteroatoms. The summed E-state index contributed by atoms with van der Waals surface area (Å²) in [5.74, 6) is 0.747. The van der Waals surface area contributed by atoms with Crippen LogP contribution in [-0.4, -0.2) is 70.3 Å². The molecule has 0 aromatic carbocycles. The number of amides is 2. The third kappa shape index (κ3) is 20.8. The summed E-state index contributed by atoms with van der Waals surface area (Å²) in [7, 11) is 1.73. The van der Waals surface area contributed by atoms with Crippen LogP contribution in [0.15, 0.2) is 96.7 Å². The number of likely N-dealkylation sites (N-methyl/N-ethyl adjacent to an activating group) is 1. The fourth-order valence-corrected chi connectivity index (χ4v) is 8.00. The van der Waals surface area contributed by atoms with Crippen molar-refractivity contribution in [2.24, 2.45) is 35.0 Å². The van der Waals surface area contributed by atoms with E-state index in [-0.39, 0.29) is 24.7 Å². The van der Waals surface area contributed by atoms with Crippen molar-refractivity contribution in [3.63, 3.8) is 0 Å². The fourth-order valence-electron chi connectivity index (χ4n) is 8.00. The molecule has 2 aliphatic carbocycles. The number of carbonyl (C=O) groups excluding carboxylic acids is 2. The maximum Gasteiger partial charge on any atom is 0.309 e. The summed E-state index contributed by atoms with van der Waals surface area (Å²) in [4.78, 5) is 38.5. The molecule has 2 aliphatic rings. The van der Waals surface area contributed by atoms with Crippen molar-refractivity contribution >= 4 is 17.8 Å². The van der Waals surface area contributed by atoms with E-state index in [4.69, 9.17) is 0 Å². The lowest BCUT2D eigenvalue weighted by Gasteiger charge is -2.44. The zero-order valence-corrected chi connectivity index (χ0v) is 36.7. The molecule has 2 amide bonds. The molecule has 0 aromatic rings. The predicted octanol–water partition coefficient (Wildman–Crippen LogP) is 10.2. The maximum absolute atomic E-state index is 12.6. The third-order valence-electron chi connectivity index (χ3n) is 11.6. The van der Waals surface area contributed by atoms with Crippen LogP contribution in [0.2, 0.25) is 0 Å². The summed E-state index contributed by atoms with van der Waals surface area (Å²) in [6.45, 7) is 10.9. The predicted molar refractivity (Wildman–Crippen MR) is 240 cm³/mol. The largest absolute Gasteiger partial charge is 0.481 e. The Bertz CT molecular complexity index is 1470. The smallest absolute Gasteiger partial charge is 0.309 e. The van der Waals surface area contributed by atoms with E-state index in [1.807, 2.05) is 6.08 Å². The van der Waals surface area contributed by atoms with Gasteiger partial charge in [0.25, 0.3) is 0 Å². The number of hydrogen-bond acceptors (Lipinski definition) is 5. The van der Waals surface area contributed by atoms with Gasteiger partial charge in [-0.2, -0.15) is 0 Å². The van der Waals surface area contributed by atoms with Gasteiger partial charge in [-0.25, -0.2) is 0 Å². The van der Waals surface area contributed by atoms with Gasteiger partial charge in [0, 0.05) is 26.6 Å². The van der Waals surface area contributed by atoms with Gasteiger partial charge in [0.15, 0.2) is 0 Å². The van der Waals surface area contributed by atoms with E-state index in [9.17, 15) is 29.7 Å². The average Bonchev–Trinajstić information content (AvgIpc) is 3.17. The Morgan fingerprint density at radius 1 is 0.862 bits per heavy atom. The van der Waals surface area contributed by atoms with Gasteiger partial charge < -0.3 is 25.5 Å². The fraction of sp³-hybridized carbons (Fsp3) is 0.620. The van der Waals surface area contributed by atoms with E-state index in [1.54, 1.807) is 25.8 Å². The number of aliphatic hydroxyl groups excluding tert-OH is 2. The summed E-state index contributed by atoms with van der Waals surface area (Å²) < 4.78 is 0. The summed E-state index contributed by atoms with van der Waals surface area (Å²) in [5.41, 5.74) is 0.571. The van der Waals surface area contributed by atoms with Crippen molar-refractivity contribution in [2.75, 3.05) is 20.1 Å². The van der Waals surface area contributed by atoms with Crippen LogP contribution in [0.1, 0.15) is 131 Å². The SMILES string of the molecule is CC/C=C\C/C=C\C/C=C\C/C=C\C/C=C\C/C=C\CCC(=O)N(C)CCNC(=O)C[C@H](O)C[C@@H](O)CC[C@@H]1C2C(=C[C@H](C)CC2CCC(C)(C)C(=O)O)C=C[C@@H]1C. The first kappa shape index (κ1) is 50.4. The number of nitrogens with zero attached hydrogens (tertiary/aromatic N) is 1. The highest BCUT2D eigenvalue weighted by Gasteiger charge is 2.40. The molecule has 0 saturated heterocycles. The Kier molecular flexibility index (Phi) is 24.9. The zero-order chi connectivity index (χ0) is 42.8. The van der Waals surface area contributed by atoms with Crippen molar-refractivity contribution in [1.29, 1.82) is 0 Å². The molecule has 0 radical (unpaired) electrons. The molecule has 4 N–H and O–H groups in total. The van der Waals surface area contributed by atoms with Crippen molar-refractivity contribution in [3.05, 3.63) is 96.7 Å². The minimum absolute atomic E-state index is 0.0143. The summed E-state index contributed by atoms with van der Waals surface area (Å²) in [6.07, 6.45) is 41.8. The Hall–Kier alpha value is -3.75. The molecule has 0 aromatic heterocycles. The van der Waals surface area contributed by atoms with Gasteiger partial charge in [-0.15, -0.1) is 0 Å². The van der Waals surface area contributed by atoms with Gasteiger partial charge in [0.2, 0.25) is 11.8 Å². The maximum atomic E-state index is 12.6. The number of carboxylic acid groups (broad SMARTS) is 1. The highest BCUT2D eigenvalue weighted by Crippen LogP contribution is 2.49. The molecule has 0 saturated carbocycles. The molecule has 0 heterocycles. The van der Waals surface area contributed by atoms with E-state index >= 15 is 0 Å². The molecule has 2 rings (SSSR count). The van der Waals surface area contributed by atoms with Crippen LogP contribution in [-0.2, 0) is 14.4 Å². The monoisotopic (exact) mass is 803 g/mol. The number of aliphatic carboxylic acids is 1. The van der Waals surface area contributed by atoms with Crippen LogP contribution < -0.4 is 5.32 Å². The number of carboxylic acids is 1. The molecule has 8 nitrogen and oxygen atoms in total. The lowest BCUT2D eigenvalue weighted by Crippen LogP contribution is -2.37. The molecule has 0 fully saturated rings. The molecular weight excluding hydrogens is 725 g/mol. The van der Waals surface area contributed by atoms with Crippen LogP contribution >= 0.6 is 0 Å². The van der Waals surface area contributed by atoms with E-state index in [1.165, 1.54) is 5.57 Å². The van der Waals surface area contributed by atoms with Crippen LogP contribution in [0, 0.1) is 35.0 Å². The summed E-state index contributed by atoms with van der Waals surface area (Å²) in [6, 6.07) is 0. The van der Waals surface area contributed by atoms with Gasteiger partial charge in [-0.3, -0.25) is 14.4 Å². The molecule has 2 unspecified atom stereocenters. The standard InChI is InChI=1S/C50H78N2O6/c1-7-8-9-10-11-12-13-14-15-16-17-18-19-20-21-22-23-24-25-26-47(56)52(6)34-33-51-46(55)38-44(54)37-43(53)29-30-45-40(3)27-28-41-35-39(2)36-42(48(41)45)31-32-50(4,5)49(57)58/h8-9,11-12,14-15,17-18,20-21,23-24,27-28,35,39-40,42-45,48,53-54H,7,10,13,16,19,22,25-26,29-34,36-38H2,1-6H3,(H,51,55)(H,57,58)/b9-8-,12-11-,15-14-,18-17-,21-20-,24-23-/t39-,40-,42?,43-,44+,45-,48?/m0/s1. The molecule has 58 heavy (non-hydrogen) atoms. The molecule has 0 spiro atoms. The van der Waals surface area contributed by atoms with Crippen LogP contribution in [0.4, 0.5) is 0 Å². The third-order valence-corrected chi connectivity index (χ3v) is 11.6. The van der Waals surface area contributed by atoms with E-state index in [0.717, 1.165) is 57.8 Å². The first-order valence-electron chi connectivity index (χ1n) is 22.1. The van der Waals surface area contributed by atoms with Crippen LogP contribution in [0.25, 0.3) is 0 Å². The van der Waals surface area contributed by atoms with E-state index < -0.39 is 23.6 Å². The lowest BCUT2D eigenvalue weighted by molar-refractivity contribution is -0.147. The van der Waals surface area contributed by atoms with Gasteiger partial charge in [-0.05, 0) is 132 Å². The highest BCUT2D eigenvalue weighted by atomic mass is 16.4. The number of allylic oxidation sites excluding steroid dienone is 16. The molecule has 7 atom stereocenters. The zero-order valence-electron chi connectivity index (χ0n) is 36.7. The summed E-state index contributed by atoms with van der Waals surface area (Å²) in [5, 5.41) is 34.0. The number of rotatable bonds is 28. The Balaban J connectivity index is 1.61. The first-order valence-corrected chi connectivity index (χ1v) is 22.1. The molecular formula is C50H78N2O6. The average molecular weight is 803 g/mol. The molecule has 324 valence electrons. The Morgan fingerprint density at radius 2 is 1.43 bits per heavy atom. The number of fused-ring (bicyclic) bond motifs is 1. The van der Waals surface area contributed by atoms with Crippen molar-refractivity contribution in [1.82, 2.24) is 10.2 Å². The second-order valence-corrected chi connectivity index (χ2v) is 17.2. The van der Waals surface area contributed by atoms with Crippen molar-refractivity contribution in [2.45, 2.75) is 143 Å².